The maximum Gasteiger partial charge on any atom is 0.262 e. The number of anilines is 2. The Bertz CT molecular complexity index is 1000. The Morgan fingerprint density at radius 3 is 2.43 bits per heavy atom. The minimum absolute atomic E-state index is 0.0629. The molecule has 148 valence electrons. The Balaban J connectivity index is 2.00. The minimum Gasteiger partial charge on any atom is -0.495 e. The van der Waals surface area contributed by atoms with Crippen LogP contribution < -0.4 is 14.4 Å². The number of carbonyl (C=O) groups excluding carboxylic acids is 2. The maximum atomic E-state index is 12.9. The topological polar surface area (TPSA) is 92.8 Å². The minimum atomic E-state index is -3.93. The number of nitrogens with one attached hydrogen (secondary N) is 1. The van der Waals surface area contributed by atoms with Crippen molar-refractivity contribution in [3.8, 4) is 5.75 Å². The van der Waals surface area contributed by atoms with Crippen LogP contribution in [-0.2, 0) is 19.6 Å². The number of methoxy groups -OCH3 is 1. The van der Waals surface area contributed by atoms with E-state index in [1.165, 1.54) is 37.1 Å². The van der Waals surface area contributed by atoms with Crippen molar-refractivity contribution in [2.45, 2.75) is 29.6 Å². The molecule has 0 radical (unpaired) electrons. The van der Waals surface area contributed by atoms with Gasteiger partial charge >= 0.3 is 0 Å². The molecule has 3 rings (SSSR count). The van der Waals surface area contributed by atoms with E-state index in [4.69, 9.17) is 4.74 Å². The third-order valence-corrected chi connectivity index (χ3v) is 6.50. The van der Waals surface area contributed by atoms with Crippen molar-refractivity contribution in [1.82, 2.24) is 0 Å². The highest BCUT2D eigenvalue weighted by Gasteiger charge is 2.33. The summed E-state index contributed by atoms with van der Waals surface area (Å²) in [5.41, 5.74) is 0.606. The van der Waals surface area contributed by atoms with Gasteiger partial charge in [-0.1, -0.05) is 19.1 Å². The second kappa shape index (κ2) is 8.24. The number of amides is 2. The van der Waals surface area contributed by atoms with Gasteiger partial charge in [-0.15, -0.1) is 11.8 Å². The molecular weight excluding hydrogens is 400 g/mol. The van der Waals surface area contributed by atoms with Crippen LogP contribution >= 0.6 is 11.8 Å². The molecule has 1 saturated heterocycles. The first-order valence-corrected chi connectivity index (χ1v) is 11.1. The van der Waals surface area contributed by atoms with Gasteiger partial charge in [0, 0.05) is 17.7 Å². The van der Waals surface area contributed by atoms with Crippen LogP contribution in [0, 0.1) is 0 Å². The first kappa shape index (κ1) is 20.2. The number of ether oxygens (including phenoxy) is 1. The lowest BCUT2D eigenvalue weighted by Gasteiger charge is -2.19. The molecule has 1 aliphatic heterocycles. The highest BCUT2D eigenvalue weighted by molar-refractivity contribution is 7.99. The smallest absolute Gasteiger partial charge is 0.262 e. The number of sulfonamides is 1. The molecule has 0 bridgehead atoms. The van der Waals surface area contributed by atoms with Crippen LogP contribution in [0.15, 0.2) is 52.3 Å². The summed E-state index contributed by atoms with van der Waals surface area (Å²) in [6.45, 7) is 1.98. The molecule has 28 heavy (non-hydrogen) atoms. The quantitative estimate of drug-likeness (QED) is 0.546. The number of imide groups is 1. The molecular formula is C19H20N2O5S2. The fourth-order valence-electron chi connectivity index (χ4n) is 2.89. The van der Waals surface area contributed by atoms with E-state index in [2.05, 4.69) is 4.72 Å². The summed E-state index contributed by atoms with van der Waals surface area (Å²) in [6, 6.07) is 11.2. The van der Waals surface area contributed by atoms with E-state index in [0.717, 1.165) is 15.5 Å². The Morgan fingerprint density at radius 1 is 1.11 bits per heavy atom. The van der Waals surface area contributed by atoms with Gasteiger partial charge in [0.2, 0.25) is 11.8 Å². The number of nitrogens with zero attached hydrogens (tertiary/aromatic N) is 1. The van der Waals surface area contributed by atoms with Gasteiger partial charge in [0.15, 0.2) is 0 Å². The van der Waals surface area contributed by atoms with Gasteiger partial charge in [-0.3, -0.25) is 14.3 Å². The molecule has 7 nitrogen and oxygen atoms in total. The Morgan fingerprint density at radius 2 is 1.79 bits per heavy atom. The molecule has 0 aromatic heterocycles. The van der Waals surface area contributed by atoms with Crippen LogP contribution in [0.4, 0.5) is 11.4 Å². The summed E-state index contributed by atoms with van der Waals surface area (Å²) >= 11 is 1.52. The van der Waals surface area contributed by atoms with E-state index >= 15 is 0 Å². The lowest BCUT2D eigenvalue weighted by molar-refractivity contribution is -0.121. The van der Waals surface area contributed by atoms with E-state index in [9.17, 15) is 18.0 Å². The Kier molecular flexibility index (Phi) is 5.95. The van der Waals surface area contributed by atoms with E-state index in [0.29, 0.717) is 5.69 Å². The fraction of sp³-hybridized carbons (Fsp3) is 0.263. The van der Waals surface area contributed by atoms with Crippen molar-refractivity contribution in [3.05, 3.63) is 42.5 Å². The molecule has 1 N–H and O–H groups in total. The van der Waals surface area contributed by atoms with Crippen molar-refractivity contribution in [3.63, 3.8) is 0 Å². The van der Waals surface area contributed by atoms with Crippen LogP contribution in [0.2, 0.25) is 0 Å². The SMILES string of the molecule is CCSc1ccccc1NS(=O)(=O)c1ccc(OC)c(N2C(=O)CCC2=O)c1. The number of thioether (sulfide) groups is 1. The number of benzene rings is 2. The van der Waals surface area contributed by atoms with Crippen LogP contribution in [0.3, 0.4) is 0 Å². The van der Waals surface area contributed by atoms with Gasteiger partial charge in [0.25, 0.3) is 10.0 Å². The number of para-hydroxylation sites is 1. The normalized spacial score (nSPS) is 14.4. The largest absolute Gasteiger partial charge is 0.495 e. The van der Waals surface area contributed by atoms with Gasteiger partial charge in [-0.25, -0.2) is 13.3 Å². The molecule has 9 heteroatoms. The van der Waals surface area contributed by atoms with E-state index < -0.39 is 10.0 Å². The van der Waals surface area contributed by atoms with Crippen LogP contribution in [-0.4, -0.2) is 33.1 Å². The van der Waals surface area contributed by atoms with Gasteiger partial charge < -0.3 is 4.74 Å². The third-order valence-electron chi connectivity index (χ3n) is 4.18. The van der Waals surface area contributed by atoms with Crippen LogP contribution in [0.1, 0.15) is 19.8 Å². The van der Waals surface area contributed by atoms with Crippen LogP contribution in [0.5, 0.6) is 5.75 Å². The summed E-state index contributed by atoms with van der Waals surface area (Å²) in [6.07, 6.45) is 0.192. The monoisotopic (exact) mass is 420 g/mol. The summed E-state index contributed by atoms with van der Waals surface area (Å²) in [4.78, 5) is 25.9. The number of rotatable bonds is 7. The highest BCUT2D eigenvalue weighted by Crippen LogP contribution is 2.35. The molecule has 0 atom stereocenters. The maximum absolute atomic E-state index is 12.9. The predicted molar refractivity (Wildman–Crippen MR) is 108 cm³/mol. The summed E-state index contributed by atoms with van der Waals surface area (Å²) in [7, 11) is -2.54. The molecule has 1 aliphatic rings. The zero-order valence-electron chi connectivity index (χ0n) is 15.5. The highest BCUT2D eigenvalue weighted by atomic mass is 32.2. The second-order valence-electron chi connectivity index (χ2n) is 5.99. The Labute approximate surface area is 168 Å². The van der Waals surface area contributed by atoms with Gasteiger partial charge in [0.1, 0.15) is 5.75 Å². The summed E-state index contributed by atoms with van der Waals surface area (Å²) in [5.74, 6) is 0.292. The molecule has 1 heterocycles. The van der Waals surface area contributed by atoms with Crippen molar-refractivity contribution in [2.75, 3.05) is 22.5 Å². The zero-order valence-corrected chi connectivity index (χ0v) is 17.1. The molecule has 2 amide bonds. The fourth-order valence-corrected chi connectivity index (χ4v) is 4.82. The number of hydrogen-bond donors (Lipinski definition) is 1. The standard InChI is InChI=1S/C19H20N2O5S2/c1-3-27-17-7-5-4-6-14(17)20-28(24,25)13-8-9-16(26-2)15(12-13)21-18(22)10-11-19(21)23/h4-9,12,20H,3,10-11H2,1-2H3. The molecule has 2 aromatic carbocycles. The molecule has 0 unspecified atom stereocenters. The second-order valence-corrected chi connectivity index (χ2v) is 8.98. The predicted octanol–water partition coefficient (Wildman–Crippen LogP) is 3.26. The summed E-state index contributed by atoms with van der Waals surface area (Å²) in [5, 5.41) is 0. The van der Waals surface area contributed by atoms with Crippen LogP contribution in [0.25, 0.3) is 0 Å². The first-order valence-electron chi connectivity index (χ1n) is 8.66. The average molecular weight is 421 g/mol. The molecule has 0 spiro atoms. The first-order chi connectivity index (χ1) is 13.4. The van der Waals surface area contributed by atoms with E-state index in [-0.39, 0.29) is 41.0 Å². The number of carbonyl (C=O) groups is 2. The molecule has 2 aromatic rings. The van der Waals surface area contributed by atoms with Crippen molar-refractivity contribution < 1.29 is 22.7 Å². The van der Waals surface area contributed by atoms with Crippen molar-refractivity contribution >= 4 is 45.0 Å². The summed E-state index contributed by atoms with van der Waals surface area (Å²) < 4.78 is 33.7. The van der Waals surface area contributed by atoms with E-state index in [1.807, 2.05) is 19.1 Å². The zero-order chi connectivity index (χ0) is 20.3. The van der Waals surface area contributed by atoms with E-state index in [1.54, 1.807) is 12.1 Å². The molecule has 0 aliphatic carbocycles. The molecule has 1 fully saturated rings. The third kappa shape index (κ3) is 4.00. The van der Waals surface area contributed by atoms with Gasteiger partial charge in [0.05, 0.1) is 23.4 Å². The molecule has 0 saturated carbocycles. The number of hydrogen-bond acceptors (Lipinski definition) is 6. The van der Waals surface area contributed by atoms with Crippen molar-refractivity contribution in [2.24, 2.45) is 0 Å². The van der Waals surface area contributed by atoms with Crippen molar-refractivity contribution in [1.29, 1.82) is 0 Å². The van der Waals surface area contributed by atoms with Gasteiger partial charge in [-0.2, -0.15) is 0 Å². The average Bonchev–Trinajstić information content (AvgIpc) is 3.01. The lowest BCUT2D eigenvalue weighted by atomic mass is 10.2. The Hall–Kier alpha value is -2.52. The van der Waals surface area contributed by atoms with Gasteiger partial charge in [-0.05, 0) is 36.1 Å². The lowest BCUT2D eigenvalue weighted by Crippen LogP contribution is -2.29.